The highest BCUT2D eigenvalue weighted by molar-refractivity contribution is 5.84. The molecule has 0 aliphatic heterocycles. The molecule has 0 atom stereocenters. The highest BCUT2D eigenvalue weighted by atomic mass is 19.1. The smallest absolute Gasteiger partial charge is 0.317 e. The van der Waals surface area contributed by atoms with E-state index in [-0.39, 0.29) is 48.7 Å². The number of benzene rings is 2. The number of hydrogen-bond acceptors (Lipinski definition) is 4. The molecule has 180 valence electrons. The topological polar surface area (TPSA) is 82.9 Å². The average molecular weight is 468 g/mol. The van der Waals surface area contributed by atoms with Crippen molar-refractivity contribution >= 4 is 22.9 Å². The van der Waals surface area contributed by atoms with Gasteiger partial charge in [0.15, 0.2) is 5.43 Å². The van der Waals surface area contributed by atoms with E-state index in [1.807, 2.05) is 20.8 Å². The number of para-hydroxylation sites is 1. The van der Waals surface area contributed by atoms with Gasteiger partial charge in [-0.05, 0) is 42.7 Å². The van der Waals surface area contributed by atoms with Gasteiger partial charge in [-0.2, -0.15) is 0 Å². The van der Waals surface area contributed by atoms with Gasteiger partial charge in [-0.1, -0.05) is 38.1 Å². The van der Waals surface area contributed by atoms with Crippen LogP contribution in [-0.4, -0.2) is 41.4 Å². The molecular formula is C26H30FN3O4. The summed E-state index contributed by atoms with van der Waals surface area (Å²) in [6, 6.07) is 12.4. The maximum atomic E-state index is 13.4. The largest absolute Gasteiger partial charge is 0.464 e. The Kier molecular flexibility index (Phi) is 8.40. The van der Waals surface area contributed by atoms with E-state index in [0.29, 0.717) is 35.2 Å². The van der Waals surface area contributed by atoms with Gasteiger partial charge >= 0.3 is 6.03 Å². The van der Waals surface area contributed by atoms with Crippen molar-refractivity contribution in [2.24, 2.45) is 5.92 Å². The molecule has 1 heterocycles. The molecular weight excluding hydrogens is 437 g/mol. The lowest BCUT2D eigenvalue weighted by Crippen LogP contribution is -2.47. The molecule has 1 aromatic heterocycles. The fraction of sp³-hybridized carbons (Fsp3) is 0.346. The fourth-order valence-corrected chi connectivity index (χ4v) is 3.66. The summed E-state index contributed by atoms with van der Waals surface area (Å²) in [7, 11) is 0. The van der Waals surface area contributed by atoms with Gasteiger partial charge in [0.25, 0.3) is 0 Å². The minimum atomic E-state index is -0.379. The van der Waals surface area contributed by atoms with Crippen molar-refractivity contribution in [1.82, 2.24) is 15.1 Å². The molecule has 0 aliphatic rings. The number of urea groups is 1. The highest BCUT2D eigenvalue weighted by Gasteiger charge is 2.23. The lowest BCUT2D eigenvalue weighted by atomic mass is 10.1. The average Bonchev–Trinajstić information content (AvgIpc) is 2.81. The van der Waals surface area contributed by atoms with Crippen LogP contribution in [0, 0.1) is 11.7 Å². The Morgan fingerprint density at radius 2 is 1.74 bits per heavy atom. The molecule has 7 nitrogen and oxygen atoms in total. The Labute approximate surface area is 198 Å². The molecule has 0 saturated heterocycles. The number of nitrogens with zero attached hydrogens (tertiary/aromatic N) is 2. The number of nitrogens with one attached hydrogen (secondary N) is 1. The first kappa shape index (κ1) is 25.0. The number of carbonyl (C=O) groups is 2. The van der Waals surface area contributed by atoms with Gasteiger partial charge in [0.1, 0.15) is 17.9 Å². The second-order valence-electron chi connectivity index (χ2n) is 8.57. The summed E-state index contributed by atoms with van der Waals surface area (Å²) in [5.74, 6) is -0.548. The number of carbonyl (C=O) groups excluding carboxylic acids is 2. The summed E-state index contributed by atoms with van der Waals surface area (Å²) in [5, 5.41) is 3.17. The quantitative estimate of drug-likeness (QED) is 0.513. The van der Waals surface area contributed by atoms with Crippen molar-refractivity contribution in [2.75, 3.05) is 19.6 Å². The minimum absolute atomic E-state index is 0.00566. The minimum Gasteiger partial charge on any atom is -0.464 e. The second-order valence-corrected chi connectivity index (χ2v) is 8.57. The molecule has 0 aliphatic carbocycles. The molecule has 0 unspecified atom stereocenters. The molecule has 3 rings (SSSR count). The van der Waals surface area contributed by atoms with E-state index >= 15 is 0 Å². The Morgan fingerprint density at radius 3 is 2.41 bits per heavy atom. The van der Waals surface area contributed by atoms with Gasteiger partial charge in [0.2, 0.25) is 5.91 Å². The zero-order chi connectivity index (χ0) is 24.7. The van der Waals surface area contributed by atoms with Crippen molar-refractivity contribution < 1.29 is 18.4 Å². The summed E-state index contributed by atoms with van der Waals surface area (Å²) >= 11 is 0. The molecule has 0 spiro atoms. The van der Waals surface area contributed by atoms with Crippen molar-refractivity contribution in [3.8, 4) is 0 Å². The van der Waals surface area contributed by atoms with E-state index in [9.17, 15) is 18.8 Å². The van der Waals surface area contributed by atoms with Crippen LogP contribution in [0.25, 0.3) is 11.0 Å². The second kappa shape index (κ2) is 11.4. The van der Waals surface area contributed by atoms with Crippen LogP contribution in [0.2, 0.25) is 0 Å². The van der Waals surface area contributed by atoms with E-state index in [1.54, 1.807) is 36.4 Å². The zero-order valence-corrected chi connectivity index (χ0v) is 19.7. The van der Waals surface area contributed by atoms with E-state index < -0.39 is 0 Å². The SMILES string of the molecule is CCNC(=O)N(CC(=O)N(Cc1ccc(F)cc1)Cc1coc2ccccc2c1=O)CC(C)C. The van der Waals surface area contributed by atoms with E-state index in [1.165, 1.54) is 28.2 Å². The summed E-state index contributed by atoms with van der Waals surface area (Å²) < 4.78 is 19.0. The van der Waals surface area contributed by atoms with Crippen molar-refractivity contribution in [3.05, 3.63) is 82.0 Å². The number of fused-ring (bicyclic) bond motifs is 1. The molecule has 0 saturated carbocycles. The third-order valence-corrected chi connectivity index (χ3v) is 5.28. The number of halogens is 1. The van der Waals surface area contributed by atoms with Crippen molar-refractivity contribution in [2.45, 2.75) is 33.9 Å². The summed E-state index contributed by atoms with van der Waals surface area (Å²) in [6.07, 6.45) is 1.37. The maximum Gasteiger partial charge on any atom is 0.317 e. The van der Waals surface area contributed by atoms with Crippen molar-refractivity contribution in [1.29, 1.82) is 0 Å². The summed E-state index contributed by atoms with van der Waals surface area (Å²) in [6.45, 7) is 6.58. The van der Waals surface area contributed by atoms with E-state index in [0.717, 1.165) is 0 Å². The predicted octanol–water partition coefficient (Wildman–Crippen LogP) is 4.15. The lowest BCUT2D eigenvalue weighted by molar-refractivity contribution is -0.133. The Hall–Kier alpha value is -3.68. The Balaban J connectivity index is 1.90. The first-order chi connectivity index (χ1) is 16.3. The van der Waals surface area contributed by atoms with Gasteiger partial charge in [-0.25, -0.2) is 9.18 Å². The van der Waals surface area contributed by atoms with Gasteiger partial charge in [-0.15, -0.1) is 0 Å². The van der Waals surface area contributed by atoms with Crippen LogP contribution in [-0.2, 0) is 17.9 Å². The van der Waals surface area contributed by atoms with Crippen LogP contribution in [0.1, 0.15) is 31.9 Å². The van der Waals surface area contributed by atoms with Gasteiger partial charge in [-0.3, -0.25) is 9.59 Å². The summed E-state index contributed by atoms with van der Waals surface area (Å²) in [5.41, 5.74) is 1.27. The first-order valence-electron chi connectivity index (χ1n) is 11.3. The standard InChI is InChI=1S/C26H30FN3O4/c1-4-28-26(33)30(13-18(2)3)16-24(31)29(14-19-9-11-21(27)12-10-19)15-20-17-34-23-8-6-5-7-22(23)25(20)32/h5-12,17-18H,4,13-16H2,1-3H3,(H,28,33). The van der Waals surface area contributed by atoms with Crippen LogP contribution in [0.5, 0.6) is 0 Å². The molecule has 2 aromatic carbocycles. The molecule has 0 radical (unpaired) electrons. The van der Waals surface area contributed by atoms with Crippen molar-refractivity contribution in [3.63, 3.8) is 0 Å². The zero-order valence-electron chi connectivity index (χ0n) is 19.7. The van der Waals surface area contributed by atoms with Gasteiger partial charge in [0.05, 0.1) is 23.8 Å². The van der Waals surface area contributed by atoms with Crippen LogP contribution < -0.4 is 10.7 Å². The Bertz CT molecular complexity index is 1190. The third kappa shape index (κ3) is 6.43. The van der Waals surface area contributed by atoms with Gasteiger partial charge < -0.3 is 19.5 Å². The lowest BCUT2D eigenvalue weighted by Gasteiger charge is -2.28. The van der Waals surface area contributed by atoms with Crippen LogP contribution in [0.3, 0.4) is 0 Å². The predicted molar refractivity (Wildman–Crippen MR) is 129 cm³/mol. The number of rotatable bonds is 9. The molecule has 8 heteroatoms. The van der Waals surface area contributed by atoms with E-state index in [4.69, 9.17) is 4.42 Å². The number of hydrogen-bond donors (Lipinski definition) is 1. The summed E-state index contributed by atoms with van der Waals surface area (Å²) in [4.78, 5) is 41.9. The van der Waals surface area contributed by atoms with Crippen LogP contribution in [0.15, 0.2) is 64.0 Å². The van der Waals surface area contributed by atoms with Crippen LogP contribution >= 0.6 is 0 Å². The molecule has 1 N–H and O–H groups in total. The third-order valence-electron chi connectivity index (χ3n) is 5.28. The first-order valence-corrected chi connectivity index (χ1v) is 11.3. The van der Waals surface area contributed by atoms with Gasteiger partial charge in [0, 0.05) is 19.6 Å². The molecule has 0 bridgehead atoms. The maximum absolute atomic E-state index is 13.4. The normalized spacial score (nSPS) is 11.0. The monoisotopic (exact) mass is 467 g/mol. The Morgan fingerprint density at radius 1 is 1.03 bits per heavy atom. The highest BCUT2D eigenvalue weighted by Crippen LogP contribution is 2.15. The van der Waals surface area contributed by atoms with E-state index in [2.05, 4.69) is 5.32 Å². The number of amides is 3. The molecule has 34 heavy (non-hydrogen) atoms. The molecule has 3 aromatic rings. The fourth-order valence-electron chi connectivity index (χ4n) is 3.66. The van der Waals surface area contributed by atoms with Crippen LogP contribution in [0.4, 0.5) is 9.18 Å². The molecule has 3 amide bonds. The molecule has 0 fully saturated rings.